The van der Waals surface area contributed by atoms with E-state index >= 15 is 0 Å². The summed E-state index contributed by atoms with van der Waals surface area (Å²) in [5.74, 6) is -4.38. The highest BCUT2D eigenvalue weighted by Crippen LogP contribution is 2.43. The lowest BCUT2D eigenvalue weighted by molar-refractivity contribution is -0.143. The second-order valence-electron chi connectivity index (χ2n) is 9.82. The van der Waals surface area contributed by atoms with Gasteiger partial charge in [-0.3, -0.25) is 9.69 Å². The van der Waals surface area contributed by atoms with E-state index in [1.807, 2.05) is 4.90 Å². The van der Waals surface area contributed by atoms with Gasteiger partial charge in [0, 0.05) is 50.6 Å². The van der Waals surface area contributed by atoms with E-state index in [0.717, 1.165) is 0 Å². The molecule has 1 unspecified atom stereocenters. The Balaban J connectivity index is 0.00000533. The van der Waals surface area contributed by atoms with E-state index in [4.69, 9.17) is 0 Å². The zero-order valence-corrected chi connectivity index (χ0v) is 22.8. The van der Waals surface area contributed by atoms with E-state index in [1.54, 1.807) is 6.92 Å². The van der Waals surface area contributed by atoms with Crippen LogP contribution >= 0.6 is 12.4 Å². The molecule has 0 spiro atoms. The Labute approximate surface area is 227 Å². The number of carbonyl (C=O) groups excluding carboxylic acids is 1. The second-order valence-corrected chi connectivity index (χ2v) is 12.1. The number of rotatable bonds is 6. The molecule has 16 heteroatoms. The molecule has 1 heterocycles. The lowest BCUT2D eigenvalue weighted by atomic mass is 9.77. The summed E-state index contributed by atoms with van der Waals surface area (Å²) in [6, 6.07) is 0.225. The summed E-state index contributed by atoms with van der Waals surface area (Å²) in [7, 11) is -3.51. The van der Waals surface area contributed by atoms with Crippen LogP contribution in [0.3, 0.4) is 0 Å². The van der Waals surface area contributed by atoms with Crippen molar-refractivity contribution in [2.75, 3.05) is 31.9 Å². The average molecular weight is 616 g/mol. The van der Waals surface area contributed by atoms with E-state index < -0.39 is 75.3 Å². The van der Waals surface area contributed by atoms with Gasteiger partial charge < -0.3 is 5.32 Å². The molecule has 6 nitrogen and oxygen atoms in total. The van der Waals surface area contributed by atoms with Crippen molar-refractivity contribution >= 4 is 28.3 Å². The fraction of sp³-hybridized carbons (Fsp3) is 0.696. The molecule has 224 valence electrons. The minimum atomic E-state index is -5.26. The maximum Gasteiger partial charge on any atom is 0.417 e. The maximum atomic E-state index is 14.0. The largest absolute Gasteiger partial charge is 0.417 e. The van der Waals surface area contributed by atoms with Gasteiger partial charge in [0.15, 0.2) is 0 Å². The predicted molar refractivity (Wildman–Crippen MR) is 129 cm³/mol. The Morgan fingerprint density at radius 3 is 2.10 bits per heavy atom. The molecule has 1 atom stereocenters. The lowest BCUT2D eigenvalue weighted by Gasteiger charge is -2.53. The highest BCUT2D eigenvalue weighted by Gasteiger charge is 2.49. The topological polar surface area (TPSA) is 69.7 Å². The van der Waals surface area contributed by atoms with Crippen molar-refractivity contribution in [2.24, 2.45) is 0 Å². The fourth-order valence-electron chi connectivity index (χ4n) is 5.20. The molecule has 1 amide bonds. The average Bonchev–Trinajstić information content (AvgIpc) is 2.82. The van der Waals surface area contributed by atoms with Crippen molar-refractivity contribution in [2.45, 2.75) is 69.4 Å². The van der Waals surface area contributed by atoms with E-state index in [9.17, 15) is 48.3 Å². The quantitative estimate of drug-likeness (QED) is 0.448. The minimum Gasteiger partial charge on any atom is -0.350 e. The molecule has 1 saturated carbocycles. The van der Waals surface area contributed by atoms with Crippen LogP contribution in [0, 0.1) is 0 Å². The number of hydrogen-bond acceptors (Lipinski definition) is 4. The van der Waals surface area contributed by atoms with E-state index in [2.05, 4.69) is 5.32 Å². The first-order chi connectivity index (χ1) is 17.3. The maximum absolute atomic E-state index is 14.0. The van der Waals surface area contributed by atoms with Gasteiger partial charge in [-0.2, -0.15) is 30.6 Å². The number of nitrogens with one attached hydrogen (secondary N) is 1. The van der Waals surface area contributed by atoms with E-state index in [-0.39, 0.29) is 63.2 Å². The molecule has 0 aromatic heterocycles. The van der Waals surface area contributed by atoms with Crippen LogP contribution in [0.4, 0.5) is 35.1 Å². The Bertz CT molecular complexity index is 1130. The van der Waals surface area contributed by atoms with Crippen LogP contribution in [0.2, 0.25) is 0 Å². The number of halogens is 9. The monoisotopic (exact) mass is 615 g/mol. The molecule has 39 heavy (non-hydrogen) atoms. The van der Waals surface area contributed by atoms with Gasteiger partial charge in [-0.15, -0.1) is 12.4 Å². The molecule has 2 fully saturated rings. The van der Waals surface area contributed by atoms with Gasteiger partial charge in [0.2, 0.25) is 15.9 Å². The lowest BCUT2D eigenvalue weighted by Crippen LogP contribution is -2.66. The number of hydrogen-bond donors (Lipinski definition) is 1. The van der Waals surface area contributed by atoms with E-state index in [1.165, 1.54) is 11.2 Å². The van der Waals surface area contributed by atoms with Crippen LogP contribution in [0.15, 0.2) is 18.2 Å². The summed E-state index contributed by atoms with van der Waals surface area (Å²) in [5.41, 5.74) is -5.46. The molecule has 1 aliphatic heterocycles. The highest BCUT2D eigenvalue weighted by molar-refractivity contribution is 7.89. The molecule has 1 aromatic carbocycles. The van der Waals surface area contributed by atoms with E-state index in [0.29, 0.717) is 12.1 Å². The second kappa shape index (κ2) is 11.6. The van der Waals surface area contributed by atoms with Gasteiger partial charge in [0.1, 0.15) is 0 Å². The Morgan fingerprint density at radius 2 is 1.62 bits per heavy atom. The van der Waals surface area contributed by atoms with Crippen molar-refractivity contribution in [3.8, 4) is 0 Å². The number of carbonyl (C=O) groups is 1. The molecule has 3 rings (SSSR count). The number of alkyl halides is 8. The van der Waals surface area contributed by atoms with Gasteiger partial charge in [0.25, 0.3) is 5.91 Å². The molecule has 1 aromatic rings. The fourth-order valence-corrected chi connectivity index (χ4v) is 6.37. The Kier molecular flexibility index (Phi) is 10.0. The predicted octanol–water partition coefficient (Wildman–Crippen LogP) is 5.18. The third-order valence-corrected chi connectivity index (χ3v) is 9.19. The number of benzene rings is 1. The molecule has 1 aliphatic carbocycles. The zero-order valence-electron chi connectivity index (χ0n) is 21.1. The number of nitrogens with zero attached hydrogens (tertiary/aromatic N) is 2. The normalized spacial score (nSPS) is 22.7. The molecule has 0 radical (unpaired) electrons. The van der Waals surface area contributed by atoms with Gasteiger partial charge in [-0.05, 0) is 44.9 Å². The number of sulfonamides is 1. The van der Waals surface area contributed by atoms with Crippen molar-refractivity contribution in [3.05, 3.63) is 34.9 Å². The summed E-state index contributed by atoms with van der Waals surface area (Å²) in [5, 5.41) is 2.34. The first-order valence-corrected chi connectivity index (χ1v) is 13.6. The molecule has 0 bridgehead atoms. The molecular formula is C23H30ClF8N3O3S. The molecule has 2 aliphatic rings. The van der Waals surface area contributed by atoms with Gasteiger partial charge >= 0.3 is 12.4 Å². The molecule has 1 saturated heterocycles. The van der Waals surface area contributed by atoms with Crippen LogP contribution in [0.5, 0.6) is 0 Å². The summed E-state index contributed by atoms with van der Waals surface area (Å²) in [6.45, 7) is 3.14. The van der Waals surface area contributed by atoms with Crippen LogP contribution in [0.25, 0.3) is 0 Å². The van der Waals surface area contributed by atoms with Gasteiger partial charge in [-0.1, -0.05) is 0 Å². The van der Waals surface area contributed by atoms with Crippen LogP contribution < -0.4 is 5.32 Å². The van der Waals surface area contributed by atoms with Crippen LogP contribution in [0.1, 0.15) is 61.0 Å². The zero-order chi connectivity index (χ0) is 28.7. The van der Waals surface area contributed by atoms with Crippen LogP contribution in [-0.2, 0) is 22.4 Å². The number of amides is 1. The summed E-state index contributed by atoms with van der Waals surface area (Å²) >= 11 is 0. The van der Waals surface area contributed by atoms with Gasteiger partial charge in [0.05, 0.1) is 22.4 Å². The standard InChI is InChI=1S/C23H29F8N3O3S.ClH/c1-3-38(36,37)33-10-11-34(15(2)13-33)20(6-8-21(24,25)9-7-20)14-32-19(35)17-5-4-16(22(26,27)28)12-18(17)23(29,30)31;/h4-5,12,15H,3,6-11,13-14H2,1-2H3,(H,32,35);1H. The number of piperazine rings is 1. The van der Waals surface area contributed by atoms with Crippen molar-refractivity contribution in [1.29, 1.82) is 0 Å². The Hall–Kier alpha value is -1.71. The molecule has 1 N–H and O–H groups in total. The van der Waals surface area contributed by atoms with Crippen molar-refractivity contribution in [1.82, 2.24) is 14.5 Å². The first-order valence-electron chi connectivity index (χ1n) is 12.0. The smallest absolute Gasteiger partial charge is 0.350 e. The van der Waals surface area contributed by atoms with Crippen molar-refractivity contribution in [3.63, 3.8) is 0 Å². The Morgan fingerprint density at radius 1 is 1.03 bits per heavy atom. The summed E-state index contributed by atoms with van der Waals surface area (Å²) in [4.78, 5) is 14.6. The summed E-state index contributed by atoms with van der Waals surface area (Å²) in [6.07, 6.45) is -11.6. The third kappa shape index (κ3) is 7.53. The highest BCUT2D eigenvalue weighted by atomic mass is 35.5. The third-order valence-electron chi connectivity index (χ3n) is 7.34. The first kappa shape index (κ1) is 33.5. The minimum absolute atomic E-state index is 0. The summed E-state index contributed by atoms with van der Waals surface area (Å²) < 4.78 is 134. The van der Waals surface area contributed by atoms with Gasteiger partial charge in [-0.25, -0.2) is 17.2 Å². The van der Waals surface area contributed by atoms with Crippen molar-refractivity contribution < 1.29 is 48.3 Å². The van der Waals surface area contributed by atoms with Crippen LogP contribution in [-0.4, -0.2) is 73.0 Å². The molecular weight excluding hydrogens is 586 g/mol. The SMILES string of the molecule is CCS(=O)(=O)N1CCN(C2(CNC(=O)c3ccc(C(F)(F)F)cc3C(F)(F)F)CCC(F)(F)CC2)C(C)C1.Cl.